The Morgan fingerprint density at radius 2 is 2.38 bits per heavy atom. The number of hydrogen-bond donors (Lipinski definition) is 2. The minimum Gasteiger partial charge on any atom is -0.352 e. The van der Waals surface area contributed by atoms with E-state index in [0.29, 0.717) is 24.6 Å². The molecule has 0 radical (unpaired) electrons. The van der Waals surface area contributed by atoms with Crippen LogP contribution in [-0.4, -0.2) is 29.2 Å². The highest BCUT2D eigenvalue weighted by Gasteiger charge is 2.04. The van der Waals surface area contributed by atoms with E-state index in [0.717, 1.165) is 12.8 Å². The Labute approximate surface area is 95.4 Å². The zero-order valence-electron chi connectivity index (χ0n) is 9.52. The van der Waals surface area contributed by atoms with E-state index < -0.39 is 0 Å². The molecule has 5 nitrogen and oxygen atoms in total. The fourth-order valence-corrected chi connectivity index (χ4v) is 1.30. The minimum atomic E-state index is -0.102. The summed E-state index contributed by atoms with van der Waals surface area (Å²) >= 11 is 0. The van der Waals surface area contributed by atoms with Crippen LogP contribution in [0.4, 0.5) is 0 Å². The molecule has 0 bridgehead atoms. The summed E-state index contributed by atoms with van der Waals surface area (Å²) in [7, 11) is 0. The highest BCUT2D eigenvalue weighted by molar-refractivity contribution is 5.93. The highest BCUT2D eigenvalue weighted by Crippen LogP contribution is 2.02. The number of nitrogens with zero attached hydrogens (tertiary/aromatic N) is 2. The molecule has 5 heteroatoms. The number of carbonyl (C=O) groups excluding carboxylic acids is 1. The number of nitrogens with two attached hydrogens (primary N) is 1. The van der Waals surface area contributed by atoms with Crippen LogP contribution in [0.3, 0.4) is 0 Å². The first-order valence-corrected chi connectivity index (χ1v) is 5.49. The normalized spacial score (nSPS) is 12.1. The van der Waals surface area contributed by atoms with Gasteiger partial charge in [0.05, 0.1) is 18.0 Å². The van der Waals surface area contributed by atoms with Crippen molar-refractivity contribution in [3.8, 4) is 0 Å². The fourth-order valence-electron chi connectivity index (χ4n) is 1.30. The zero-order valence-corrected chi connectivity index (χ0v) is 9.52. The van der Waals surface area contributed by atoms with Crippen molar-refractivity contribution in [2.75, 3.05) is 13.1 Å². The van der Waals surface area contributed by atoms with Crippen LogP contribution in [0.15, 0.2) is 18.5 Å². The predicted molar refractivity (Wildman–Crippen MR) is 61.8 cm³/mol. The molecule has 1 heterocycles. The van der Waals surface area contributed by atoms with E-state index in [9.17, 15) is 4.79 Å². The number of carbonyl (C=O) groups is 1. The van der Waals surface area contributed by atoms with Gasteiger partial charge in [0, 0.05) is 6.54 Å². The Kier molecular flexibility index (Phi) is 5.42. The van der Waals surface area contributed by atoms with Gasteiger partial charge in [-0.05, 0) is 31.4 Å². The Bertz CT molecular complexity index is 315. The first-order chi connectivity index (χ1) is 7.74. The van der Waals surface area contributed by atoms with Crippen molar-refractivity contribution in [1.82, 2.24) is 15.5 Å². The minimum absolute atomic E-state index is 0.102. The van der Waals surface area contributed by atoms with Gasteiger partial charge >= 0.3 is 0 Å². The van der Waals surface area contributed by atoms with E-state index in [1.54, 1.807) is 6.07 Å². The smallest absolute Gasteiger partial charge is 0.252 e. The second kappa shape index (κ2) is 6.90. The fraction of sp³-hybridized carbons (Fsp3) is 0.545. The maximum absolute atomic E-state index is 11.6. The summed E-state index contributed by atoms with van der Waals surface area (Å²) in [6, 6.07) is 1.64. The molecule has 88 valence electrons. The van der Waals surface area contributed by atoms with E-state index in [-0.39, 0.29) is 5.91 Å². The topological polar surface area (TPSA) is 80.9 Å². The van der Waals surface area contributed by atoms with Gasteiger partial charge in [0.2, 0.25) is 0 Å². The van der Waals surface area contributed by atoms with Crippen LogP contribution in [0.25, 0.3) is 0 Å². The number of hydrogen-bond acceptors (Lipinski definition) is 4. The van der Waals surface area contributed by atoms with Crippen LogP contribution >= 0.6 is 0 Å². The highest BCUT2D eigenvalue weighted by atomic mass is 16.1. The quantitative estimate of drug-likeness (QED) is 0.690. The zero-order chi connectivity index (χ0) is 11.8. The molecule has 0 saturated carbocycles. The lowest BCUT2D eigenvalue weighted by atomic mass is 10.1. The molecule has 0 saturated heterocycles. The van der Waals surface area contributed by atoms with Crippen molar-refractivity contribution in [1.29, 1.82) is 0 Å². The van der Waals surface area contributed by atoms with E-state index in [1.807, 2.05) is 0 Å². The van der Waals surface area contributed by atoms with Crippen molar-refractivity contribution in [2.45, 2.75) is 19.8 Å². The summed E-state index contributed by atoms with van der Waals surface area (Å²) < 4.78 is 0. The maximum Gasteiger partial charge on any atom is 0.252 e. The van der Waals surface area contributed by atoms with Gasteiger partial charge < -0.3 is 11.1 Å². The van der Waals surface area contributed by atoms with Gasteiger partial charge in [0.15, 0.2) is 0 Å². The second-order valence-corrected chi connectivity index (χ2v) is 3.87. The lowest BCUT2D eigenvalue weighted by Crippen LogP contribution is -2.25. The third kappa shape index (κ3) is 4.35. The molecule has 0 fully saturated rings. The molecule has 0 spiro atoms. The lowest BCUT2D eigenvalue weighted by Gasteiger charge is -2.08. The first-order valence-electron chi connectivity index (χ1n) is 5.49. The van der Waals surface area contributed by atoms with Gasteiger partial charge in [-0.1, -0.05) is 6.92 Å². The van der Waals surface area contributed by atoms with Crippen LogP contribution in [-0.2, 0) is 0 Å². The van der Waals surface area contributed by atoms with Gasteiger partial charge in [0.25, 0.3) is 5.91 Å². The Balaban J connectivity index is 2.21. The molecular weight excluding hydrogens is 204 g/mol. The lowest BCUT2D eigenvalue weighted by molar-refractivity contribution is 0.0952. The van der Waals surface area contributed by atoms with Gasteiger partial charge in [-0.15, -0.1) is 0 Å². The number of rotatable bonds is 6. The van der Waals surface area contributed by atoms with E-state index in [4.69, 9.17) is 5.73 Å². The van der Waals surface area contributed by atoms with Gasteiger partial charge in [-0.25, -0.2) is 0 Å². The van der Waals surface area contributed by atoms with E-state index in [1.165, 1.54) is 12.4 Å². The van der Waals surface area contributed by atoms with E-state index >= 15 is 0 Å². The van der Waals surface area contributed by atoms with Crippen molar-refractivity contribution >= 4 is 5.91 Å². The Morgan fingerprint density at radius 3 is 3.00 bits per heavy atom. The molecule has 16 heavy (non-hydrogen) atoms. The summed E-state index contributed by atoms with van der Waals surface area (Å²) in [6.45, 7) is 3.47. The molecule has 1 aromatic rings. The van der Waals surface area contributed by atoms with Crippen LogP contribution < -0.4 is 11.1 Å². The Morgan fingerprint density at radius 1 is 1.56 bits per heavy atom. The second-order valence-electron chi connectivity index (χ2n) is 3.87. The summed E-state index contributed by atoms with van der Waals surface area (Å²) in [5.74, 6) is 0.412. The number of aromatic nitrogens is 2. The van der Waals surface area contributed by atoms with Crippen LogP contribution in [0, 0.1) is 5.92 Å². The summed E-state index contributed by atoms with van der Waals surface area (Å²) in [6.07, 6.45) is 4.94. The van der Waals surface area contributed by atoms with Crippen LogP contribution in [0.5, 0.6) is 0 Å². The molecule has 1 unspecified atom stereocenters. The van der Waals surface area contributed by atoms with Crippen molar-refractivity contribution in [3.05, 3.63) is 24.0 Å². The molecular formula is C11H18N4O. The molecule has 1 aromatic heterocycles. The van der Waals surface area contributed by atoms with Crippen molar-refractivity contribution in [2.24, 2.45) is 11.7 Å². The molecule has 1 atom stereocenters. The average molecular weight is 222 g/mol. The van der Waals surface area contributed by atoms with Crippen LogP contribution in [0.2, 0.25) is 0 Å². The first kappa shape index (κ1) is 12.6. The molecule has 0 aliphatic carbocycles. The SMILES string of the molecule is CC(CN)CCCNC(=O)c1ccnnc1. The Hall–Kier alpha value is -1.49. The van der Waals surface area contributed by atoms with Crippen LogP contribution in [0.1, 0.15) is 30.1 Å². The molecule has 1 amide bonds. The molecule has 3 N–H and O–H groups in total. The third-order valence-electron chi connectivity index (χ3n) is 2.41. The summed E-state index contributed by atoms with van der Waals surface area (Å²) in [5, 5.41) is 10.1. The standard InChI is InChI=1S/C11H18N4O/c1-9(7-12)3-2-5-13-11(16)10-4-6-14-15-8-10/h4,6,8-9H,2-3,5,7,12H2,1H3,(H,13,16). The number of amides is 1. The molecule has 0 aromatic carbocycles. The average Bonchev–Trinajstić information content (AvgIpc) is 2.35. The van der Waals surface area contributed by atoms with Gasteiger partial charge in [-0.3, -0.25) is 4.79 Å². The molecule has 0 aliphatic rings. The van der Waals surface area contributed by atoms with Crippen molar-refractivity contribution in [3.63, 3.8) is 0 Å². The van der Waals surface area contributed by atoms with Crippen molar-refractivity contribution < 1.29 is 4.79 Å². The molecule has 0 aliphatic heterocycles. The summed E-state index contributed by atoms with van der Waals surface area (Å²) in [4.78, 5) is 11.6. The monoisotopic (exact) mass is 222 g/mol. The maximum atomic E-state index is 11.6. The third-order valence-corrected chi connectivity index (χ3v) is 2.41. The van der Waals surface area contributed by atoms with Gasteiger partial charge in [0.1, 0.15) is 0 Å². The predicted octanol–water partition coefficient (Wildman–Crippen LogP) is 0.581. The van der Waals surface area contributed by atoms with Gasteiger partial charge in [-0.2, -0.15) is 10.2 Å². The molecule has 1 rings (SSSR count). The number of nitrogens with one attached hydrogen (secondary N) is 1. The van der Waals surface area contributed by atoms with E-state index in [2.05, 4.69) is 22.4 Å². The summed E-state index contributed by atoms with van der Waals surface area (Å²) in [5.41, 5.74) is 6.05. The largest absolute Gasteiger partial charge is 0.352 e.